The van der Waals surface area contributed by atoms with Gasteiger partial charge in [0.05, 0.1) is 22.8 Å². The standard InChI is InChI=1S/C16H18N4O4/c1-18-14-10(19-7-9(21)8-19)3-2-4-11(14)20(16(18)24)12-5-6-13(22)17-15(12)23/h2-4,9,12,21H,5-8H2,1H3,(H,17,22,23)/t12-/m1/s1. The highest BCUT2D eigenvalue weighted by molar-refractivity contribution is 6.00. The number of benzene rings is 1. The molecular weight excluding hydrogens is 312 g/mol. The molecule has 3 heterocycles. The molecule has 1 atom stereocenters. The van der Waals surface area contributed by atoms with Gasteiger partial charge in [0, 0.05) is 26.6 Å². The molecule has 2 amide bonds. The van der Waals surface area contributed by atoms with Gasteiger partial charge in [0.15, 0.2) is 0 Å². The van der Waals surface area contributed by atoms with Crippen molar-refractivity contribution >= 4 is 28.5 Å². The second-order valence-electron chi connectivity index (χ2n) is 6.38. The van der Waals surface area contributed by atoms with Gasteiger partial charge in [-0.05, 0) is 18.6 Å². The lowest BCUT2D eigenvalue weighted by Gasteiger charge is -2.38. The fourth-order valence-electron chi connectivity index (χ4n) is 3.55. The van der Waals surface area contributed by atoms with Gasteiger partial charge in [0.2, 0.25) is 11.8 Å². The molecule has 2 aromatic rings. The normalized spacial score (nSPS) is 21.9. The van der Waals surface area contributed by atoms with Gasteiger partial charge in [-0.15, -0.1) is 0 Å². The van der Waals surface area contributed by atoms with E-state index >= 15 is 0 Å². The van der Waals surface area contributed by atoms with Crippen LogP contribution in [-0.2, 0) is 16.6 Å². The Hall–Kier alpha value is -2.61. The molecule has 0 unspecified atom stereocenters. The molecule has 2 N–H and O–H groups in total. The second-order valence-corrected chi connectivity index (χ2v) is 6.38. The molecule has 2 aliphatic heterocycles. The number of aromatic nitrogens is 2. The Morgan fingerprint density at radius 2 is 1.96 bits per heavy atom. The molecule has 0 aliphatic carbocycles. The predicted octanol–water partition coefficient (Wildman–Crippen LogP) is -0.501. The number of β-amino-alcohol motifs (C(OH)–C–C–N with tert-alkyl or cyclic N) is 1. The number of para-hydroxylation sites is 1. The molecule has 0 radical (unpaired) electrons. The van der Waals surface area contributed by atoms with E-state index in [1.54, 1.807) is 13.1 Å². The Labute approximate surface area is 137 Å². The highest BCUT2D eigenvalue weighted by atomic mass is 16.3. The first-order valence-corrected chi connectivity index (χ1v) is 7.94. The summed E-state index contributed by atoms with van der Waals surface area (Å²) in [6.07, 6.45) is 0.183. The number of carbonyl (C=O) groups excluding carboxylic acids is 2. The van der Waals surface area contributed by atoms with Gasteiger partial charge in [-0.25, -0.2) is 4.79 Å². The number of hydrogen-bond acceptors (Lipinski definition) is 5. The van der Waals surface area contributed by atoms with E-state index in [1.165, 1.54) is 9.13 Å². The molecule has 8 nitrogen and oxygen atoms in total. The number of nitrogens with zero attached hydrogens (tertiary/aromatic N) is 3. The summed E-state index contributed by atoms with van der Waals surface area (Å²) in [7, 11) is 1.67. The van der Waals surface area contributed by atoms with Crippen LogP contribution in [0.25, 0.3) is 11.0 Å². The van der Waals surface area contributed by atoms with E-state index in [-0.39, 0.29) is 24.1 Å². The van der Waals surface area contributed by atoms with Crippen LogP contribution in [0.4, 0.5) is 5.69 Å². The largest absolute Gasteiger partial charge is 0.389 e. The van der Waals surface area contributed by atoms with Crippen LogP contribution in [0.5, 0.6) is 0 Å². The van der Waals surface area contributed by atoms with Crippen molar-refractivity contribution in [3.05, 3.63) is 28.7 Å². The first-order valence-electron chi connectivity index (χ1n) is 7.94. The van der Waals surface area contributed by atoms with Crippen LogP contribution in [0.2, 0.25) is 0 Å². The molecule has 2 fully saturated rings. The summed E-state index contributed by atoms with van der Waals surface area (Å²) in [6.45, 7) is 1.05. The third kappa shape index (κ3) is 2.06. The van der Waals surface area contributed by atoms with Crippen LogP contribution in [0, 0.1) is 0 Å². The number of rotatable bonds is 2. The number of anilines is 1. The van der Waals surface area contributed by atoms with Crippen molar-refractivity contribution in [3.63, 3.8) is 0 Å². The molecule has 24 heavy (non-hydrogen) atoms. The van der Waals surface area contributed by atoms with Crippen LogP contribution in [-0.4, -0.2) is 45.2 Å². The highest BCUT2D eigenvalue weighted by Crippen LogP contribution is 2.31. The minimum Gasteiger partial charge on any atom is -0.389 e. The SMILES string of the molecule is Cn1c(=O)n([C@@H]2CCC(=O)NC2=O)c2cccc(N3CC(O)C3)c21. The number of aliphatic hydroxyl groups is 1. The van der Waals surface area contributed by atoms with Crippen LogP contribution < -0.4 is 15.9 Å². The van der Waals surface area contributed by atoms with Crippen molar-refractivity contribution < 1.29 is 14.7 Å². The molecule has 0 spiro atoms. The number of nitrogens with one attached hydrogen (secondary N) is 1. The molecule has 2 aliphatic rings. The number of imidazole rings is 1. The summed E-state index contributed by atoms with van der Waals surface area (Å²) in [5.41, 5.74) is 1.98. The minimum absolute atomic E-state index is 0.219. The second kappa shape index (κ2) is 5.20. The molecule has 0 bridgehead atoms. The van der Waals surface area contributed by atoms with Crippen molar-refractivity contribution in [2.24, 2.45) is 7.05 Å². The van der Waals surface area contributed by atoms with Gasteiger partial charge < -0.3 is 10.0 Å². The van der Waals surface area contributed by atoms with Crippen LogP contribution >= 0.6 is 0 Å². The first-order chi connectivity index (χ1) is 11.5. The van der Waals surface area contributed by atoms with Crippen molar-refractivity contribution in [2.45, 2.75) is 25.0 Å². The average molecular weight is 330 g/mol. The Kier molecular flexibility index (Phi) is 3.24. The lowest BCUT2D eigenvalue weighted by Crippen LogP contribution is -2.51. The number of carbonyl (C=O) groups is 2. The Balaban J connectivity index is 1.87. The van der Waals surface area contributed by atoms with Crippen molar-refractivity contribution in [2.75, 3.05) is 18.0 Å². The third-order valence-electron chi connectivity index (χ3n) is 4.81. The minimum atomic E-state index is -0.684. The van der Waals surface area contributed by atoms with Crippen molar-refractivity contribution in [1.29, 1.82) is 0 Å². The molecule has 1 aromatic carbocycles. The number of aliphatic hydroxyl groups excluding tert-OH is 1. The van der Waals surface area contributed by atoms with Gasteiger partial charge in [0.25, 0.3) is 0 Å². The van der Waals surface area contributed by atoms with Crippen molar-refractivity contribution in [3.8, 4) is 0 Å². The fourth-order valence-corrected chi connectivity index (χ4v) is 3.55. The number of piperidine rings is 1. The summed E-state index contributed by atoms with van der Waals surface area (Å²) in [5, 5.41) is 11.8. The number of aryl methyl sites for hydroxylation is 1. The number of fused-ring (bicyclic) bond motifs is 1. The molecule has 8 heteroatoms. The molecule has 0 saturated carbocycles. The monoisotopic (exact) mass is 330 g/mol. The van der Waals surface area contributed by atoms with E-state index in [4.69, 9.17) is 0 Å². The third-order valence-corrected chi connectivity index (χ3v) is 4.81. The summed E-state index contributed by atoms with van der Waals surface area (Å²) in [5.74, 6) is -0.745. The molecule has 4 rings (SSSR count). The maximum atomic E-state index is 12.8. The van der Waals surface area contributed by atoms with Gasteiger partial charge >= 0.3 is 5.69 Å². The van der Waals surface area contributed by atoms with Crippen LogP contribution in [0.1, 0.15) is 18.9 Å². The van der Waals surface area contributed by atoms with E-state index in [9.17, 15) is 19.5 Å². The van der Waals surface area contributed by atoms with E-state index in [0.717, 1.165) is 11.2 Å². The lowest BCUT2D eigenvalue weighted by atomic mass is 10.1. The summed E-state index contributed by atoms with van der Waals surface area (Å²) in [4.78, 5) is 38.3. The number of imide groups is 1. The summed E-state index contributed by atoms with van der Waals surface area (Å²) < 4.78 is 3.00. The van der Waals surface area contributed by atoms with Gasteiger partial charge in [-0.3, -0.25) is 24.0 Å². The zero-order chi connectivity index (χ0) is 17.0. The predicted molar refractivity (Wildman–Crippen MR) is 86.8 cm³/mol. The Morgan fingerprint density at radius 1 is 1.21 bits per heavy atom. The average Bonchev–Trinajstić information content (AvgIpc) is 2.77. The number of amides is 2. The number of hydrogen-bond donors (Lipinski definition) is 2. The van der Waals surface area contributed by atoms with Crippen LogP contribution in [0.3, 0.4) is 0 Å². The van der Waals surface area contributed by atoms with Gasteiger partial charge in [0.1, 0.15) is 6.04 Å². The maximum absolute atomic E-state index is 12.8. The highest BCUT2D eigenvalue weighted by Gasteiger charge is 2.33. The Morgan fingerprint density at radius 3 is 2.62 bits per heavy atom. The van der Waals surface area contributed by atoms with E-state index in [0.29, 0.717) is 25.0 Å². The smallest absolute Gasteiger partial charge is 0.329 e. The topological polar surface area (TPSA) is 96.6 Å². The Bertz CT molecular complexity index is 907. The van der Waals surface area contributed by atoms with Gasteiger partial charge in [-0.1, -0.05) is 6.07 Å². The van der Waals surface area contributed by atoms with E-state index in [1.807, 2.05) is 17.0 Å². The molecular formula is C16H18N4O4. The first kappa shape index (κ1) is 14.9. The quantitative estimate of drug-likeness (QED) is 0.724. The van der Waals surface area contributed by atoms with Crippen molar-refractivity contribution in [1.82, 2.24) is 14.5 Å². The van der Waals surface area contributed by atoms with E-state index in [2.05, 4.69) is 5.32 Å². The summed E-state index contributed by atoms with van der Waals surface area (Å²) >= 11 is 0. The molecule has 2 saturated heterocycles. The van der Waals surface area contributed by atoms with Crippen LogP contribution in [0.15, 0.2) is 23.0 Å². The lowest BCUT2D eigenvalue weighted by molar-refractivity contribution is -0.135. The maximum Gasteiger partial charge on any atom is 0.329 e. The molecule has 1 aromatic heterocycles. The zero-order valence-corrected chi connectivity index (χ0v) is 13.2. The fraction of sp³-hybridized carbons (Fsp3) is 0.438. The van der Waals surface area contributed by atoms with Gasteiger partial charge in [-0.2, -0.15) is 0 Å². The zero-order valence-electron chi connectivity index (χ0n) is 13.2. The van der Waals surface area contributed by atoms with E-state index < -0.39 is 11.9 Å². The molecule has 126 valence electrons. The summed E-state index contributed by atoms with van der Waals surface area (Å²) in [6, 6.07) is 4.86.